The Morgan fingerprint density at radius 3 is 2.53 bits per heavy atom. The van der Waals surface area contributed by atoms with E-state index in [9.17, 15) is 14.0 Å². The molecule has 0 spiro atoms. The molecule has 1 unspecified atom stereocenters. The Bertz CT molecular complexity index is 1050. The lowest BCUT2D eigenvalue weighted by Crippen LogP contribution is -2.29. The second-order valence-electron chi connectivity index (χ2n) is 6.78. The molecule has 7 nitrogen and oxygen atoms in total. The summed E-state index contributed by atoms with van der Waals surface area (Å²) in [5.41, 5.74) is 1.81. The Morgan fingerprint density at radius 2 is 1.83 bits per heavy atom. The van der Waals surface area contributed by atoms with E-state index < -0.39 is 17.8 Å². The minimum Gasteiger partial charge on any atom is -0.342 e. The third kappa shape index (κ3) is 5.24. The molecule has 2 amide bonds. The van der Waals surface area contributed by atoms with Crippen molar-refractivity contribution in [3.05, 3.63) is 71.3 Å². The van der Waals surface area contributed by atoms with Crippen molar-refractivity contribution in [1.82, 2.24) is 20.1 Å². The number of thioether (sulfide) groups is 1. The van der Waals surface area contributed by atoms with Gasteiger partial charge >= 0.3 is 0 Å². The maximum atomic E-state index is 13.8. The summed E-state index contributed by atoms with van der Waals surface area (Å²) in [5.74, 6) is -0.614. The van der Waals surface area contributed by atoms with Gasteiger partial charge in [0, 0.05) is 12.7 Å². The van der Waals surface area contributed by atoms with Gasteiger partial charge in [-0.05, 0) is 38.1 Å². The highest BCUT2D eigenvalue weighted by Gasteiger charge is 2.20. The molecule has 1 heterocycles. The zero-order valence-electron chi connectivity index (χ0n) is 16.8. The largest absolute Gasteiger partial charge is 0.342 e. The quantitative estimate of drug-likeness (QED) is 0.564. The monoisotopic (exact) mass is 427 g/mol. The van der Waals surface area contributed by atoms with Gasteiger partial charge in [0.1, 0.15) is 5.82 Å². The second-order valence-corrected chi connectivity index (χ2v) is 7.72. The van der Waals surface area contributed by atoms with E-state index >= 15 is 0 Å². The van der Waals surface area contributed by atoms with Gasteiger partial charge in [-0.1, -0.05) is 41.6 Å². The molecule has 0 fully saturated rings. The number of carbonyl (C=O) groups is 2. The van der Waals surface area contributed by atoms with Gasteiger partial charge in [0.05, 0.1) is 17.4 Å². The molecule has 2 N–H and O–H groups in total. The van der Waals surface area contributed by atoms with E-state index in [1.165, 1.54) is 30.0 Å². The van der Waals surface area contributed by atoms with Crippen LogP contribution in [0.3, 0.4) is 0 Å². The Morgan fingerprint density at radius 1 is 1.13 bits per heavy atom. The zero-order valence-corrected chi connectivity index (χ0v) is 17.7. The van der Waals surface area contributed by atoms with Crippen molar-refractivity contribution in [2.75, 3.05) is 11.1 Å². The molecule has 1 atom stereocenters. The molecule has 0 saturated heterocycles. The number of anilines is 1. The Balaban J connectivity index is 1.58. The van der Waals surface area contributed by atoms with Crippen LogP contribution in [0.15, 0.2) is 53.7 Å². The highest BCUT2D eigenvalue weighted by atomic mass is 32.2. The molecule has 0 aliphatic carbocycles. The summed E-state index contributed by atoms with van der Waals surface area (Å²) in [7, 11) is 1.75. The summed E-state index contributed by atoms with van der Waals surface area (Å²) >= 11 is 1.24. The van der Waals surface area contributed by atoms with Crippen LogP contribution in [-0.4, -0.2) is 32.3 Å². The summed E-state index contributed by atoms with van der Waals surface area (Å²) in [6.45, 7) is 3.72. The molecule has 0 bridgehead atoms. The lowest BCUT2D eigenvalue weighted by molar-refractivity contribution is -0.113. The molecular formula is C21H22FN5O2S. The zero-order chi connectivity index (χ0) is 21.7. The van der Waals surface area contributed by atoms with Gasteiger partial charge in [-0.3, -0.25) is 9.59 Å². The van der Waals surface area contributed by atoms with Gasteiger partial charge in [0.25, 0.3) is 5.91 Å². The molecule has 9 heteroatoms. The third-order valence-corrected chi connectivity index (χ3v) is 5.41. The first kappa shape index (κ1) is 21.5. The average Bonchev–Trinajstić information content (AvgIpc) is 3.09. The number of nitrogens with zero attached hydrogens (tertiary/aromatic N) is 3. The van der Waals surface area contributed by atoms with Crippen LogP contribution in [0.5, 0.6) is 0 Å². The minimum absolute atomic E-state index is 0.0334. The number of rotatable bonds is 7. The number of hydrogen-bond acceptors (Lipinski definition) is 5. The van der Waals surface area contributed by atoms with Crippen molar-refractivity contribution in [3.8, 4) is 0 Å². The van der Waals surface area contributed by atoms with Crippen molar-refractivity contribution in [2.24, 2.45) is 7.05 Å². The van der Waals surface area contributed by atoms with E-state index in [1.54, 1.807) is 24.6 Å². The second kappa shape index (κ2) is 9.53. The first-order valence-corrected chi connectivity index (χ1v) is 10.3. The SMILES string of the molecule is Cc1ccc(NC(=O)CSc2nnc(C(C)NC(=O)c3ccccc3F)n2C)cc1. The van der Waals surface area contributed by atoms with Crippen LogP contribution in [-0.2, 0) is 11.8 Å². The summed E-state index contributed by atoms with van der Waals surface area (Å²) in [6.07, 6.45) is 0. The van der Waals surface area contributed by atoms with Crippen LogP contribution >= 0.6 is 11.8 Å². The maximum Gasteiger partial charge on any atom is 0.254 e. The van der Waals surface area contributed by atoms with Gasteiger partial charge < -0.3 is 15.2 Å². The number of halogens is 1. The number of carbonyl (C=O) groups excluding carboxylic acids is 2. The van der Waals surface area contributed by atoms with E-state index in [2.05, 4.69) is 20.8 Å². The summed E-state index contributed by atoms with van der Waals surface area (Å²) < 4.78 is 15.5. The van der Waals surface area contributed by atoms with Crippen molar-refractivity contribution in [3.63, 3.8) is 0 Å². The van der Waals surface area contributed by atoms with Crippen molar-refractivity contribution in [2.45, 2.75) is 25.0 Å². The Kier molecular flexibility index (Phi) is 6.83. The van der Waals surface area contributed by atoms with Gasteiger partial charge in [0.2, 0.25) is 5.91 Å². The van der Waals surface area contributed by atoms with Gasteiger partial charge in [-0.15, -0.1) is 10.2 Å². The van der Waals surface area contributed by atoms with E-state index in [0.717, 1.165) is 11.3 Å². The number of nitrogens with one attached hydrogen (secondary N) is 2. The topological polar surface area (TPSA) is 88.9 Å². The van der Waals surface area contributed by atoms with Crippen molar-refractivity contribution in [1.29, 1.82) is 0 Å². The fraction of sp³-hybridized carbons (Fsp3) is 0.238. The predicted molar refractivity (Wildman–Crippen MR) is 114 cm³/mol. The van der Waals surface area contributed by atoms with Crippen molar-refractivity contribution >= 4 is 29.3 Å². The number of benzene rings is 2. The van der Waals surface area contributed by atoms with Crippen LogP contribution in [0.4, 0.5) is 10.1 Å². The van der Waals surface area contributed by atoms with Crippen LogP contribution in [0, 0.1) is 12.7 Å². The smallest absolute Gasteiger partial charge is 0.254 e. The minimum atomic E-state index is -0.587. The van der Waals surface area contributed by atoms with E-state index in [-0.39, 0.29) is 17.2 Å². The number of aryl methyl sites for hydroxylation is 1. The number of aromatic nitrogens is 3. The van der Waals surface area contributed by atoms with Crippen LogP contribution in [0.2, 0.25) is 0 Å². The van der Waals surface area contributed by atoms with Crippen molar-refractivity contribution < 1.29 is 14.0 Å². The number of hydrogen-bond donors (Lipinski definition) is 2. The molecule has 156 valence electrons. The molecule has 2 aromatic carbocycles. The molecule has 1 aromatic heterocycles. The molecule has 0 aliphatic heterocycles. The fourth-order valence-corrected chi connectivity index (χ4v) is 3.50. The lowest BCUT2D eigenvalue weighted by Gasteiger charge is -2.14. The fourth-order valence-electron chi connectivity index (χ4n) is 2.78. The normalized spacial score (nSPS) is 11.7. The summed E-state index contributed by atoms with van der Waals surface area (Å²) in [5, 5.41) is 14.3. The summed E-state index contributed by atoms with van der Waals surface area (Å²) in [6, 6.07) is 12.8. The Hall–Kier alpha value is -3.20. The lowest BCUT2D eigenvalue weighted by atomic mass is 10.2. The standard InChI is InChI=1S/C21H22FN5O2S/c1-13-8-10-15(11-9-13)24-18(28)12-30-21-26-25-19(27(21)3)14(2)23-20(29)16-6-4-5-7-17(16)22/h4-11,14H,12H2,1-3H3,(H,23,29)(H,24,28). The predicted octanol–water partition coefficient (Wildman–Crippen LogP) is 3.48. The van der Waals surface area contributed by atoms with E-state index in [1.807, 2.05) is 31.2 Å². The average molecular weight is 428 g/mol. The van der Waals surface area contributed by atoms with Crippen LogP contribution in [0.1, 0.15) is 34.7 Å². The highest BCUT2D eigenvalue weighted by Crippen LogP contribution is 2.20. The molecule has 3 rings (SSSR count). The molecule has 3 aromatic rings. The van der Waals surface area contributed by atoms with E-state index in [4.69, 9.17) is 0 Å². The first-order valence-electron chi connectivity index (χ1n) is 9.29. The van der Waals surface area contributed by atoms with Gasteiger partial charge in [0.15, 0.2) is 11.0 Å². The third-order valence-electron chi connectivity index (χ3n) is 4.39. The van der Waals surface area contributed by atoms with Gasteiger partial charge in [-0.2, -0.15) is 0 Å². The molecular weight excluding hydrogens is 405 g/mol. The first-order chi connectivity index (χ1) is 14.3. The molecule has 30 heavy (non-hydrogen) atoms. The maximum absolute atomic E-state index is 13.8. The highest BCUT2D eigenvalue weighted by molar-refractivity contribution is 7.99. The summed E-state index contributed by atoms with van der Waals surface area (Å²) in [4.78, 5) is 24.5. The molecule has 0 radical (unpaired) electrons. The Labute approximate surface area is 178 Å². The number of amides is 2. The van der Waals surface area contributed by atoms with Crippen LogP contribution in [0.25, 0.3) is 0 Å². The molecule has 0 aliphatic rings. The van der Waals surface area contributed by atoms with Gasteiger partial charge in [-0.25, -0.2) is 4.39 Å². The van der Waals surface area contributed by atoms with E-state index in [0.29, 0.717) is 11.0 Å². The van der Waals surface area contributed by atoms with Crippen LogP contribution < -0.4 is 10.6 Å². The molecule has 0 saturated carbocycles.